The summed E-state index contributed by atoms with van der Waals surface area (Å²) in [5.41, 5.74) is 0.443. The number of carbonyl (C=O) groups excluding carboxylic acids is 1. The van der Waals surface area contributed by atoms with Crippen LogP contribution in [0.3, 0.4) is 0 Å². The first-order chi connectivity index (χ1) is 9.40. The van der Waals surface area contributed by atoms with Gasteiger partial charge in [0.05, 0.1) is 11.0 Å². The summed E-state index contributed by atoms with van der Waals surface area (Å²) < 4.78 is 1.76. The Morgan fingerprint density at radius 2 is 2.15 bits per heavy atom. The Hall–Kier alpha value is -2.37. The third kappa shape index (κ3) is 2.96. The fourth-order valence-electron chi connectivity index (χ4n) is 1.75. The molecule has 1 amide bonds. The van der Waals surface area contributed by atoms with Crippen LogP contribution in [-0.4, -0.2) is 32.9 Å². The molecule has 6 heteroatoms. The van der Waals surface area contributed by atoms with Crippen molar-refractivity contribution in [3.05, 3.63) is 36.3 Å². The second-order valence-corrected chi connectivity index (χ2v) is 5.31. The van der Waals surface area contributed by atoms with Crippen molar-refractivity contribution >= 4 is 17.5 Å². The van der Waals surface area contributed by atoms with E-state index in [9.17, 15) is 9.59 Å². The average molecular weight is 275 g/mol. The highest BCUT2D eigenvalue weighted by molar-refractivity contribution is 5.94. The van der Waals surface area contributed by atoms with E-state index in [0.29, 0.717) is 18.5 Å². The number of fused-ring (bicyclic) bond motifs is 1. The van der Waals surface area contributed by atoms with E-state index in [-0.39, 0.29) is 5.91 Å². The second-order valence-electron chi connectivity index (χ2n) is 5.31. The van der Waals surface area contributed by atoms with Gasteiger partial charge in [0.2, 0.25) is 0 Å². The van der Waals surface area contributed by atoms with Crippen molar-refractivity contribution in [2.45, 2.75) is 20.3 Å². The lowest BCUT2D eigenvalue weighted by Gasteiger charge is -2.18. The van der Waals surface area contributed by atoms with Gasteiger partial charge in [0.25, 0.3) is 5.91 Å². The van der Waals surface area contributed by atoms with Gasteiger partial charge in [-0.2, -0.15) is 0 Å². The highest BCUT2D eigenvalue weighted by Crippen LogP contribution is 2.19. The minimum Gasteiger partial charge on any atom is -0.481 e. The summed E-state index contributed by atoms with van der Waals surface area (Å²) >= 11 is 0. The quantitative estimate of drug-likeness (QED) is 0.867. The summed E-state index contributed by atoms with van der Waals surface area (Å²) in [6.07, 6.45) is 5.49. The molecule has 0 bridgehead atoms. The molecule has 0 aromatic carbocycles. The van der Waals surface area contributed by atoms with Crippen LogP contribution in [0.4, 0.5) is 0 Å². The largest absolute Gasteiger partial charge is 0.481 e. The summed E-state index contributed by atoms with van der Waals surface area (Å²) in [5.74, 6) is -1.09. The number of hydrogen-bond acceptors (Lipinski definition) is 3. The second kappa shape index (κ2) is 5.32. The van der Waals surface area contributed by atoms with Crippen molar-refractivity contribution in [3.8, 4) is 0 Å². The Morgan fingerprint density at radius 3 is 2.85 bits per heavy atom. The lowest BCUT2D eigenvalue weighted by atomic mass is 9.90. The fourth-order valence-corrected chi connectivity index (χ4v) is 1.75. The van der Waals surface area contributed by atoms with Gasteiger partial charge in [-0.1, -0.05) is 0 Å². The number of nitrogens with zero attached hydrogens (tertiary/aromatic N) is 2. The number of rotatable bonds is 5. The van der Waals surface area contributed by atoms with Gasteiger partial charge in [0.15, 0.2) is 0 Å². The van der Waals surface area contributed by atoms with E-state index < -0.39 is 11.4 Å². The van der Waals surface area contributed by atoms with Gasteiger partial charge in [0.1, 0.15) is 5.65 Å². The fraction of sp³-hybridized carbons (Fsp3) is 0.357. The van der Waals surface area contributed by atoms with Gasteiger partial charge in [-0.05, 0) is 32.4 Å². The molecule has 2 aromatic rings. The van der Waals surface area contributed by atoms with Gasteiger partial charge >= 0.3 is 5.97 Å². The van der Waals surface area contributed by atoms with Crippen molar-refractivity contribution in [3.63, 3.8) is 0 Å². The zero-order valence-corrected chi connectivity index (χ0v) is 11.5. The number of pyridine rings is 1. The van der Waals surface area contributed by atoms with E-state index in [0.717, 1.165) is 5.65 Å². The third-order valence-corrected chi connectivity index (χ3v) is 3.27. The molecule has 0 aliphatic carbocycles. The smallest absolute Gasteiger partial charge is 0.309 e. The van der Waals surface area contributed by atoms with Gasteiger partial charge in [0, 0.05) is 25.1 Å². The molecule has 0 aliphatic heterocycles. The summed E-state index contributed by atoms with van der Waals surface area (Å²) in [7, 11) is 0. The van der Waals surface area contributed by atoms with Crippen LogP contribution in [-0.2, 0) is 4.79 Å². The van der Waals surface area contributed by atoms with Crippen molar-refractivity contribution in [1.82, 2.24) is 14.7 Å². The Morgan fingerprint density at radius 1 is 1.40 bits per heavy atom. The van der Waals surface area contributed by atoms with Crippen LogP contribution in [0.5, 0.6) is 0 Å². The first-order valence-corrected chi connectivity index (χ1v) is 6.34. The molecule has 0 fully saturated rings. The molecule has 0 saturated heterocycles. The van der Waals surface area contributed by atoms with Crippen LogP contribution in [0.25, 0.3) is 5.65 Å². The summed E-state index contributed by atoms with van der Waals surface area (Å²) in [6, 6.07) is 3.45. The van der Waals surface area contributed by atoms with E-state index in [1.807, 2.05) is 0 Å². The van der Waals surface area contributed by atoms with Crippen molar-refractivity contribution in [2.75, 3.05) is 6.54 Å². The lowest BCUT2D eigenvalue weighted by molar-refractivity contribution is -0.147. The number of aromatic nitrogens is 2. The molecule has 0 unspecified atom stereocenters. The monoisotopic (exact) mass is 275 g/mol. The normalized spacial score (nSPS) is 11.5. The van der Waals surface area contributed by atoms with Crippen molar-refractivity contribution in [1.29, 1.82) is 0 Å². The number of carbonyl (C=O) groups is 2. The predicted octanol–water partition coefficient (Wildman–Crippen LogP) is 1.56. The van der Waals surface area contributed by atoms with Gasteiger partial charge in [-0.15, -0.1) is 0 Å². The number of imidazole rings is 1. The molecular weight excluding hydrogens is 258 g/mol. The Bertz CT molecular complexity index is 646. The molecule has 6 nitrogen and oxygen atoms in total. The zero-order valence-electron chi connectivity index (χ0n) is 11.5. The highest BCUT2D eigenvalue weighted by Gasteiger charge is 2.26. The number of hydrogen-bond donors (Lipinski definition) is 2. The van der Waals surface area contributed by atoms with E-state index in [2.05, 4.69) is 10.3 Å². The molecule has 0 spiro atoms. The van der Waals surface area contributed by atoms with Crippen LogP contribution in [0, 0.1) is 5.41 Å². The maximum atomic E-state index is 12.0. The first-order valence-electron chi connectivity index (χ1n) is 6.34. The zero-order chi connectivity index (χ0) is 14.8. The van der Waals surface area contributed by atoms with E-state index >= 15 is 0 Å². The van der Waals surface area contributed by atoms with E-state index in [4.69, 9.17) is 5.11 Å². The number of aliphatic carboxylic acids is 1. The maximum absolute atomic E-state index is 12.0. The molecule has 0 radical (unpaired) electrons. The van der Waals surface area contributed by atoms with E-state index in [1.165, 1.54) is 0 Å². The van der Waals surface area contributed by atoms with Crippen LogP contribution in [0.15, 0.2) is 30.7 Å². The standard InChI is InChI=1S/C14H17N3O3/c1-14(2,13(19)20)5-6-16-12(18)10-3-4-11-15-7-8-17(11)9-10/h3-4,7-9H,5-6H2,1-2H3,(H,16,18)(H,19,20). The minimum absolute atomic E-state index is 0.221. The Labute approximate surface area is 116 Å². The van der Waals surface area contributed by atoms with Crippen LogP contribution < -0.4 is 5.32 Å². The van der Waals surface area contributed by atoms with Crippen molar-refractivity contribution < 1.29 is 14.7 Å². The number of nitrogens with one attached hydrogen (secondary N) is 1. The molecule has 20 heavy (non-hydrogen) atoms. The molecule has 0 aliphatic rings. The number of carboxylic acids is 1. The topological polar surface area (TPSA) is 83.7 Å². The van der Waals surface area contributed by atoms with Crippen LogP contribution in [0.1, 0.15) is 30.6 Å². The molecule has 0 atom stereocenters. The average Bonchev–Trinajstić information content (AvgIpc) is 2.85. The third-order valence-electron chi connectivity index (χ3n) is 3.27. The molecule has 0 saturated carbocycles. The molecule has 2 heterocycles. The maximum Gasteiger partial charge on any atom is 0.309 e. The predicted molar refractivity (Wildman–Crippen MR) is 73.6 cm³/mol. The lowest BCUT2D eigenvalue weighted by Crippen LogP contribution is -2.32. The number of amides is 1. The van der Waals surface area contributed by atoms with Gasteiger partial charge < -0.3 is 14.8 Å². The molecular formula is C14H17N3O3. The summed E-state index contributed by atoms with van der Waals surface area (Å²) in [4.78, 5) is 27.0. The molecule has 2 aromatic heterocycles. The first kappa shape index (κ1) is 14.0. The van der Waals surface area contributed by atoms with Crippen LogP contribution >= 0.6 is 0 Å². The van der Waals surface area contributed by atoms with Crippen LogP contribution in [0.2, 0.25) is 0 Å². The SMILES string of the molecule is CC(C)(CCNC(=O)c1ccc2nccn2c1)C(=O)O. The van der Waals surface area contributed by atoms with Crippen molar-refractivity contribution in [2.24, 2.45) is 5.41 Å². The highest BCUT2D eigenvalue weighted by atomic mass is 16.4. The molecule has 106 valence electrons. The van der Waals surface area contributed by atoms with Gasteiger partial charge in [-0.25, -0.2) is 4.98 Å². The molecule has 2 N–H and O–H groups in total. The number of carboxylic acid groups (broad SMARTS) is 1. The van der Waals surface area contributed by atoms with Gasteiger partial charge in [-0.3, -0.25) is 9.59 Å². The Kier molecular flexibility index (Phi) is 3.74. The molecule has 2 rings (SSSR count). The Balaban J connectivity index is 1.96. The van der Waals surface area contributed by atoms with E-state index in [1.54, 1.807) is 49.0 Å². The summed E-state index contributed by atoms with van der Waals surface area (Å²) in [6.45, 7) is 3.60. The summed E-state index contributed by atoms with van der Waals surface area (Å²) in [5, 5.41) is 11.7. The minimum atomic E-state index is -0.869.